The van der Waals surface area contributed by atoms with Crippen LogP contribution in [0.3, 0.4) is 0 Å². The molecule has 3 aromatic rings. The molecule has 1 aliphatic carbocycles. The van der Waals surface area contributed by atoms with Gasteiger partial charge in [0.05, 0.1) is 22.9 Å². The van der Waals surface area contributed by atoms with E-state index in [0.717, 1.165) is 18.2 Å². The van der Waals surface area contributed by atoms with Gasteiger partial charge < -0.3 is 15.4 Å². The maximum Gasteiger partial charge on any atom is 0.418 e. The van der Waals surface area contributed by atoms with Crippen LogP contribution in [0.2, 0.25) is 0 Å². The summed E-state index contributed by atoms with van der Waals surface area (Å²) in [6.07, 6.45) is -7.18. The number of ether oxygens (including phenoxy) is 1. The molecule has 1 fully saturated rings. The average molecular weight is 498 g/mol. The second-order valence-electron chi connectivity index (χ2n) is 8.33. The van der Waals surface area contributed by atoms with Crippen molar-refractivity contribution in [3.8, 4) is 5.75 Å². The minimum absolute atomic E-state index is 0.0564. The molecular formula is C24H20F6N2O3. The number of benzene rings is 2. The number of para-hydroxylation sites is 1. The molecule has 0 heterocycles. The van der Waals surface area contributed by atoms with Gasteiger partial charge >= 0.3 is 12.4 Å². The lowest BCUT2D eigenvalue weighted by Crippen LogP contribution is -2.40. The van der Waals surface area contributed by atoms with E-state index < -0.39 is 34.3 Å². The van der Waals surface area contributed by atoms with Crippen molar-refractivity contribution in [3.63, 3.8) is 0 Å². The quantitative estimate of drug-likeness (QED) is 0.329. The Morgan fingerprint density at radius 2 is 1.34 bits per heavy atom. The van der Waals surface area contributed by atoms with E-state index in [1.807, 2.05) is 0 Å². The molecule has 0 saturated heterocycles. The summed E-state index contributed by atoms with van der Waals surface area (Å²) in [5.41, 5.74) is -4.03. The average Bonchev–Trinajstić information content (AvgIpc) is 2.81. The lowest BCUT2D eigenvalue weighted by Gasteiger charge is -2.31. The highest BCUT2D eigenvalue weighted by Crippen LogP contribution is 2.37. The van der Waals surface area contributed by atoms with Gasteiger partial charge in [0.25, 0.3) is 10.9 Å². The zero-order valence-corrected chi connectivity index (χ0v) is 18.1. The predicted molar refractivity (Wildman–Crippen MR) is 118 cm³/mol. The minimum atomic E-state index is -4.64. The molecule has 0 aromatic heterocycles. The van der Waals surface area contributed by atoms with Gasteiger partial charge in [0, 0.05) is 6.04 Å². The van der Waals surface area contributed by atoms with Gasteiger partial charge in [-0.2, -0.15) is 26.3 Å². The summed E-state index contributed by atoms with van der Waals surface area (Å²) in [6, 6.07) is 8.84. The van der Waals surface area contributed by atoms with E-state index in [0.29, 0.717) is 31.4 Å². The van der Waals surface area contributed by atoms with E-state index in [4.69, 9.17) is 4.74 Å². The molecule has 0 atom stereocenters. The first-order valence-electron chi connectivity index (χ1n) is 10.8. The first-order valence-corrected chi connectivity index (χ1v) is 10.8. The highest BCUT2D eigenvalue weighted by molar-refractivity contribution is 5.80. The van der Waals surface area contributed by atoms with Crippen molar-refractivity contribution in [1.29, 1.82) is 0 Å². The van der Waals surface area contributed by atoms with Gasteiger partial charge in [-0.25, -0.2) is 0 Å². The van der Waals surface area contributed by atoms with Crippen molar-refractivity contribution >= 4 is 17.1 Å². The molecule has 35 heavy (non-hydrogen) atoms. The minimum Gasteiger partial charge on any atom is -0.490 e. The molecule has 5 nitrogen and oxygen atoms in total. The van der Waals surface area contributed by atoms with Crippen LogP contribution < -0.4 is 26.2 Å². The highest BCUT2D eigenvalue weighted by Gasteiger charge is 2.35. The topological polar surface area (TPSA) is 67.4 Å². The largest absolute Gasteiger partial charge is 0.490 e. The van der Waals surface area contributed by atoms with E-state index in [2.05, 4.69) is 10.6 Å². The zero-order chi connectivity index (χ0) is 25.4. The second-order valence-corrected chi connectivity index (χ2v) is 8.33. The molecule has 0 spiro atoms. The van der Waals surface area contributed by atoms with Crippen LogP contribution >= 0.6 is 0 Å². The number of anilines is 3. The van der Waals surface area contributed by atoms with Gasteiger partial charge in [-0.3, -0.25) is 9.59 Å². The summed E-state index contributed by atoms with van der Waals surface area (Å²) in [5, 5.41) is 5.41. The van der Waals surface area contributed by atoms with Gasteiger partial charge in [0.2, 0.25) is 0 Å². The van der Waals surface area contributed by atoms with Crippen LogP contribution in [0.15, 0.2) is 58.1 Å². The number of nitrogens with one attached hydrogen (secondary N) is 2. The van der Waals surface area contributed by atoms with Gasteiger partial charge in [0.1, 0.15) is 17.1 Å². The highest BCUT2D eigenvalue weighted by atomic mass is 19.4. The van der Waals surface area contributed by atoms with Crippen LogP contribution in [0.1, 0.15) is 36.8 Å². The summed E-state index contributed by atoms with van der Waals surface area (Å²) < 4.78 is 83.5. The van der Waals surface area contributed by atoms with Crippen LogP contribution in [0.25, 0.3) is 0 Å². The third-order valence-corrected chi connectivity index (χ3v) is 5.91. The fourth-order valence-corrected chi connectivity index (χ4v) is 4.07. The Morgan fingerprint density at radius 3 is 1.94 bits per heavy atom. The molecule has 0 amide bonds. The van der Waals surface area contributed by atoms with Gasteiger partial charge in [-0.1, -0.05) is 12.1 Å². The summed E-state index contributed by atoms with van der Waals surface area (Å²) in [4.78, 5) is 24.1. The van der Waals surface area contributed by atoms with Crippen molar-refractivity contribution in [2.45, 2.75) is 50.2 Å². The predicted octanol–water partition coefficient (Wildman–Crippen LogP) is 5.87. The third kappa shape index (κ3) is 5.44. The Kier molecular flexibility index (Phi) is 6.52. The van der Waals surface area contributed by atoms with E-state index in [1.54, 1.807) is 0 Å². The molecule has 2 N–H and O–H groups in total. The molecule has 1 aliphatic rings. The monoisotopic (exact) mass is 498 g/mol. The summed E-state index contributed by atoms with van der Waals surface area (Å²) >= 11 is 0. The number of halogens is 6. The van der Waals surface area contributed by atoms with Gasteiger partial charge in [0.15, 0.2) is 0 Å². The summed E-state index contributed by atoms with van der Waals surface area (Å²) in [6.45, 7) is 0. The molecule has 11 heteroatoms. The van der Waals surface area contributed by atoms with Crippen LogP contribution in [0.4, 0.5) is 43.4 Å². The number of hydrogen-bond donors (Lipinski definition) is 2. The normalized spacial score (nSPS) is 18.9. The molecule has 0 unspecified atom stereocenters. The lowest BCUT2D eigenvalue weighted by molar-refractivity contribution is -0.138. The standard InChI is InChI=1S/C24H20F6N2O3/c25-23(26,27)13-5-9-15(10-6-13)35-16-11-7-14(8-12-16)31-19-20(22(34)21(19)33)32-18-4-2-1-3-17(18)24(28,29)30/h1-6,9-10,14,16,31-32H,7-8,11-12H2. The second kappa shape index (κ2) is 9.27. The Hall–Kier alpha value is -3.50. The van der Waals surface area contributed by atoms with Crippen molar-refractivity contribution in [2.24, 2.45) is 0 Å². The Balaban J connectivity index is 1.37. The number of hydrogen-bond acceptors (Lipinski definition) is 5. The van der Waals surface area contributed by atoms with Crippen molar-refractivity contribution in [2.75, 3.05) is 10.6 Å². The third-order valence-electron chi connectivity index (χ3n) is 5.91. The van der Waals surface area contributed by atoms with Gasteiger partial charge in [-0.15, -0.1) is 0 Å². The van der Waals surface area contributed by atoms with Crippen LogP contribution in [0.5, 0.6) is 5.75 Å². The van der Waals surface area contributed by atoms with E-state index in [-0.39, 0.29) is 29.2 Å². The van der Waals surface area contributed by atoms with Crippen LogP contribution in [-0.2, 0) is 12.4 Å². The maximum absolute atomic E-state index is 13.2. The van der Waals surface area contributed by atoms with Crippen LogP contribution in [-0.4, -0.2) is 12.1 Å². The zero-order valence-electron chi connectivity index (χ0n) is 18.1. The van der Waals surface area contributed by atoms with Crippen molar-refractivity contribution in [1.82, 2.24) is 0 Å². The molecule has 3 aromatic carbocycles. The smallest absolute Gasteiger partial charge is 0.418 e. The fourth-order valence-electron chi connectivity index (χ4n) is 4.07. The Labute approximate surface area is 195 Å². The first-order chi connectivity index (χ1) is 16.4. The van der Waals surface area contributed by atoms with Crippen molar-refractivity contribution in [3.05, 3.63) is 80.1 Å². The molecule has 0 bridgehead atoms. The molecule has 0 radical (unpaired) electrons. The van der Waals surface area contributed by atoms with E-state index in [9.17, 15) is 35.9 Å². The summed E-state index contributed by atoms with van der Waals surface area (Å²) in [5.74, 6) is 0.312. The SMILES string of the molecule is O=c1c(Nc2ccccc2C(F)(F)F)c(NC2CCC(Oc3ccc(C(F)(F)F)cc3)CC2)c1=O. The molecule has 1 saturated carbocycles. The van der Waals surface area contributed by atoms with Gasteiger partial charge in [-0.05, 0) is 62.1 Å². The molecular weight excluding hydrogens is 478 g/mol. The van der Waals surface area contributed by atoms with Crippen molar-refractivity contribution < 1.29 is 31.1 Å². The lowest BCUT2D eigenvalue weighted by atomic mass is 9.92. The van der Waals surface area contributed by atoms with Crippen LogP contribution in [0, 0.1) is 0 Å². The molecule has 186 valence electrons. The number of rotatable bonds is 6. The van der Waals surface area contributed by atoms with E-state index in [1.165, 1.54) is 30.3 Å². The molecule has 0 aliphatic heterocycles. The first kappa shape index (κ1) is 24.6. The Morgan fingerprint density at radius 1 is 0.743 bits per heavy atom. The fraction of sp³-hybridized carbons (Fsp3) is 0.333. The summed E-state index contributed by atoms with van der Waals surface area (Å²) in [7, 11) is 0. The van der Waals surface area contributed by atoms with E-state index >= 15 is 0 Å². The molecule has 4 rings (SSSR count). The Bertz CT molecular complexity index is 1250. The maximum atomic E-state index is 13.2. The number of alkyl halides is 6.